The molecular formula is C10H21NO3. The number of nitrogens with two attached hydrogens (primary N) is 1. The quantitative estimate of drug-likeness (QED) is 0.406. The van der Waals surface area contributed by atoms with E-state index < -0.39 is 0 Å². The van der Waals surface area contributed by atoms with Gasteiger partial charge in [0.05, 0.1) is 0 Å². The van der Waals surface area contributed by atoms with Gasteiger partial charge >= 0.3 is 0 Å². The molecule has 0 spiro atoms. The minimum absolute atomic E-state index is 0.0505. The second-order valence-electron chi connectivity index (χ2n) is 3.42. The Morgan fingerprint density at radius 1 is 0.929 bits per heavy atom. The van der Waals surface area contributed by atoms with Crippen LogP contribution in [-0.2, 0) is 0 Å². The van der Waals surface area contributed by atoms with E-state index in [0.29, 0.717) is 25.8 Å². The van der Waals surface area contributed by atoms with Gasteiger partial charge in [0, 0.05) is 26.4 Å². The largest absolute Gasteiger partial charge is 0.396 e. The Labute approximate surface area is 85.1 Å². The summed E-state index contributed by atoms with van der Waals surface area (Å²) in [6, 6.07) is 0. The van der Waals surface area contributed by atoms with Gasteiger partial charge in [-0.05, 0) is 24.7 Å². The molecule has 0 aromatic heterocycles. The Morgan fingerprint density at radius 2 is 1.36 bits per heavy atom. The molecule has 0 unspecified atom stereocenters. The fourth-order valence-electron chi connectivity index (χ4n) is 1.61. The number of hydrogen-bond acceptors (Lipinski definition) is 4. The predicted octanol–water partition coefficient (Wildman–Crippen LogP) is -0.365. The smallest absolute Gasteiger partial charge is 0.0439 e. The summed E-state index contributed by atoms with van der Waals surface area (Å²) in [7, 11) is 0. The lowest BCUT2D eigenvalue weighted by molar-refractivity contribution is 0.137. The lowest BCUT2D eigenvalue weighted by Crippen LogP contribution is -2.23. The standard InChI is InChI=1S/C10H21NO3/c11-6-1-2-10(3-7-12,4-8-13)5-9-14/h1-2,12-14H,3-9,11H2. The van der Waals surface area contributed by atoms with Gasteiger partial charge in [-0.25, -0.2) is 0 Å². The predicted molar refractivity (Wildman–Crippen MR) is 55.7 cm³/mol. The third-order valence-corrected chi connectivity index (χ3v) is 2.44. The van der Waals surface area contributed by atoms with Gasteiger partial charge in [-0.2, -0.15) is 0 Å². The molecule has 0 aliphatic carbocycles. The summed E-state index contributed by atoms with van der Waals surface area (Å²) in [6.07, 6.45) is 5.34. The monoisotopic (exact) mass is 203 g/mol. The Balaban J connectivity index is 4.45. The van der Waals surface area contributed by atoms with Gasteiger partial charge in [0.15, 0.2) is 0 Å². The second-order valence-corrected chi connectivity index (χ2v) is 3.42. The van der Waals surface area contributed by atoms with E-state index in [4.69, 9.17) is 21.1 Å². The first-order valence-corrected chi connectivity index (χ1v) is 4.95. The first-order chi connectivity index (χ1) is 6.74. The maximum atomic E-state index is 8.93. The maximum Gasteiger partial charge on any atom is 0.0439 e. The van der Waals surface area contributed by atoms with E-state index in [-0.39, 0.29) is 25.2 Å². The van der Waals surface area contributed by atoms with Gasteiger partial charge in [-0.3, -0.25) is 0 Å². The molecule has 0 heterocycles. The van der Waals surface area contributed by atoms with Crippen LogP contribution in [0.15, 0.2) is 12.2 Å². The minimum Gasteiger partial charge on any atom is -0.396 e. The first-order valence-electron chi connectivity index (χ1n) is 4.95. The van der Waals surface area contributed by atoms with E-state index in [1.807, 2.05) is 6.08 Å². The van der Waals surface area contributed by atoms with Crippen molar-refractivity contribution in [1.29, 1.82) is 0 Å². The number of aliphatic hydroxyl groups is 3. The Hall–Kier alpha value is -0.420. The van der Waals surface area contributed by atoms with Gasteiger partial charge in [0.2, 0.25) is 0 Å². The van der Waals surface area contributed by atoms with Crippen molar-refractivity contribution in [3.8, 4) is 0 Å². The summed E-state index contributed by atoms with van der Waals surface area (Å²) in [5.74, 6) is 0. The van der Waals surface area contributed by atoms with Crippen molar-refractivity contribution in [2.24, 2.45) is 11.1 Å². The minimum atomic E-state index is -0.308. The van der Waals surface area contributed by atoms with Crippen LogP contribution in [0.3, 0.4) is 0 Å². The highest BCUT2D eigenvalue weighted by molar-refractivity contribution is 5.00. The normalized spacial score (nSPS) is 12.6. The summed E-state index contributed by atoms with van der Waals surface area (Å²) < 4.78 is 0. The lowest BCUT2D eigenvalue weighted by atomic mass is 9.78. The molecule has 0 saturated heterocycles. The van der Waals surface area contributed by atoms with E-state index in [2.05, 4.69) is 0 Å². The van der Waals surface area contributed by atoms with Crippen LogP contribution in [0.2, 0.25) is 0 Å². The van der Waals surface area contributed by atoms with E-state index in [0.717, 1.165) is 0 Å². The zero-order valence-corrected chi connectivity index (χ0v) is 8.52. The molecule has 0 atom stereocenters. The molecule has 0 radical (unpaired) electrons. The van der Waals surface area contributed by atoms with Crippen LogP contribution in [0.25, 0.3) is 0 Å². The molecule has 0 rings (SSSR count). The summed E-state index contributed by atoms with van der Waals surface area (Å²) in [4.78, 5) is 0. The van der Waals surface area contributed by atoms with Crippen LogP contribution in [0.1, 0.15) is 19.3 Å². The van der Waals surface area contributed by atoms with E-state index in [9.17, 15) is 0 Å². The lowest BCUT2D eigenvalue weighted by Gasteiger charge is -2.28. The van der Waals surface area contributed by atoms with Gasteiger partial charge < -0.3 is 21.1 Å². The average Bonchev–Trinajstić information content (AvgIpc) is 2.16. The fraction of sp³-hybridized carbons (Fsp3) is 0.800. The third kappa shape index (κ3) is 4.72. The van der Waals surface area contributed by atoms with Crippen molar-refractivity contribution in [1.82, 2.24) is 0 Å². The maximum absolute atomic E-state index is 8.93. The van der Waals surface area contributed by atoms with Crippen LogP contribution in [0.5, 0.6) is 0 Å². The van der Waals surface area contributed by atoms with Gasteiger partial charge in [-0.1, -0.05) is 12.2 Å². The zero-order valence-electron chi connectivity index (χ0n) is 8.52. The van der Waals surface area contributed by atoms with E-state index >= 15 is 0 Å². The van der Waals surface area contributed by atoms with Crippen molar-refractivity contribution in [2.45, 2.75) is 19.3 Å². The molecule has 0 aromatic carbocycles. The molecule has 4 heteroatoms. The van der Waals surface area contributed by atoms with Gasteiger partial charge in [0.1, 0.15) is 0 Å². The van der Waals surface area contributed by atoms with E-state index in [1.165, 1.54) is 0 Å². The fourth-order valence-corrected chi connectivity index (χ4v) is 1.61. The van der Waals surface area contributed by atoms with Crippen molar-refractivity contribution < 1.29 is 15.3 Å². The SMILES string of the molecule is NCC=CC(CCO)(CCO)CCO. The third-order valence-electron chi connectivity index (χ3n) is 2.44. The zero-order chi connectivity index (χ0) is 10.9. The molecule has 4 nitrogen and oxygen atoms in total. The molecule has 14 heavy (non-hydrogen) atoms. The average molecular weight is 203 g/mol. The highest BCUT2D eigenvalue weighted by Crippen LogP contribution is 2.31. The first kappa shape index (κ1) is 13.6. The molecule has 0 amide bonds. The van der Waals surface area contributed by atoms with Crippen LogP contribution in [0.4, 0.5) is 0 Å². The molecule has 0 bridgehead atoms. The highest BCUT2D eigenvalue weighted by Gasteiger charge is 2.25. The molecule has 0 aliphatic heterocycles. The van der Waals surface area contributed by atoms with Crippen LogP contribution >= 0.6 is 0 Å². The van der Waals surface area contributed by atoms with Crippen LogP contribution in [0, 0.1) is 5.41 Å². The van der Waals surface area contributed by atoms with Crippen LogP contribution < -0.4 is 5.73 Å². The van der Waals surface area contributed by atoms with Gasteiger partial charge in [0.25, 0.3) is 0 Å². The van der Waals surface area contributed by atoms with E-state index in [1.54, 1.807) is 6.08 Å². The van der Waals surface area contributed by atoms with Crippen LogP contribution in [-0.4, -0.2) is 41.7 Å². The van der Waals surface area contributed by atoms with Crippen molar-refractivity contribution in [2.75, 3.05) is 26.4 Å². The second kappa shape index (κ2) is 7.94. The molecule has 84 valence electrons. The van der Waals surface area contributed by atoms with Gasteiger partial charge in [-0.15, -0.1) is 0 Å². The number of rotatable bonds is 8. The number of allylic oxidation sites excluding steroid dienone is 1. The molecule has 0 aromatic rings. The summed E-state index contributed by atoms with van der Waals surface area (Å²) >= 11 is 0. The Morgan fingerprint density at radius 3 is 1.64 bits per heavy atom. The molecule has 0 saturated carbocycles. The van der Waals surface area contributed by atoms with Crippen molar-refractivity contribution >= 4 is 0 Å². The molecule has 5 N–H and O–H groups in total. The summed E-state index contributed by atoms with van der Waals surface area (Å²) in [5, 5.41) is 26.8. The number of hydrogen-bond donors (Lipinski definition) is 4. The summed E-state index contributed by atoms with van der Waals surface area (Å²) in [5.41, 5.74) is 5.04. The Bertz CT molecular complexity index is 142. The van der Waals surface area contributed by atoms with Crippen molar-refractivity contribution in [3.63, 3.8) is 0 Å². The topological polar surface area (TPSA) is 86.7 Å². The molecular weight excluding hydrogens is 182 g/mol. The molecule has 0 aliphatic rings. The number of aliphatic hydroxyl groups excluding tert-OH is 3. The Kier molecular flexibility index (Phi) is 7.70. The highest BCUT2D eigenvalue weighted by atomic mass is 16.3. The summed E-state index contributed by atoms with van der Waals surface area (Å²) in [6.45, 7) is 0.586. The molecule has 0 fully saturated rings. The van der Waals surface area contributed by atoms with Crippen molar-refractivity contribution in [3.05, 3.63) is 12.2 Å².